The number of ether oxygens (including phenoxy) is 2. The van der Waals surface area contributed by atoms with Crippen LogP contribution in [-0.2, 0) is 28.7 Å². The van der Waals surface area contributed by atoms with Gasteiger partial charge < -0.3 is 20.1 Å². The molecule has 0 heterocycles. The number of hydrogen-bond acceptors (Lipinski definition) is 7. The lowest BCUT2D eigenvalue weighted by Crippen LogP contribution is -2.78. The molecule has 0 radical (unpaired) electrons. The molecule has 0 bridgehead atoms. The molecule has 0 fully saturated rings. The van der Waals surface area contributed by atoms with Crippen molar-refractivity contribution < 1.29 is 38.6 Å². The summed E-state index contributed by atoms with van der Waals surface area (Å²) in [5, 5.41) is 5.25. The maximum atomic E-state index is 12.4. The number of hydrogen-bond donors (Lipinski definition) is 8. The van der Waals surface area contributed by atoms with Crippen molar-refractivity contribution in [2.75, 3.05) is 26.9 Å². The van der Waals surface area contributed by atoms with Crippen molar-refractivity contribution in [2.45, 2.75) is 51.1 Å². The summed E-state index contributed by atoms with van der Waals surface area (Å²) < 4.78 is 9.96. The van der Waals surface area contributed by atoms with Crippen molar-refractivity contribution >= 4 is 35.5 Å². The van der Waals surface area contributed by atoms with Crippen LogP contribution < -0.4 is 43.6 Å². The zero-order chi connectivity index (χ0) is 24.5. The van der Waals surface area contributed by atoms with E-state index in [-0.39, 0.29) is 30.5 Å². The Morgan fingerprint density at radius 3 is 1.75 bits per heavy atom. The molecule has 1 amide bonds. The largest absolute Gasteiger partial charge is 0.427 e. The molecule has 14 heteroatoms. The van der Waals surface area contributed by atoms with Crippen molar-refractivity contribution in [2.24, 2.45) is 22.9 Å². The van der Waals surface area contributed by atoms with Gasteiger partial charge in [0, 0.05) is 0 Å². The van der Waals surface area contributed by atoms with Gasteiger partial charge in [-0.1, -0.05) is 0 Å². The van der Waals surface area contributed by atoms with E-state index < -0.39 is 36.7 Å². The number of esters is 2. The zero-order valence-electron chi connectivity index (χ0n) is 18.6. The van der Waals surface area contributed by atoms with E-state index in [4.69, 9.17) is 32.4 Å². The molecule has 14 nitrogen and oxygen atoms in total. The molecule has 0 saturated heterocycles. The van der Waals surface area contributed by atoms with Gasteiger partial charge in [-0.05, 0) is 39.7 Å². The van der Waals surface area contributed by atoms with E-state index in [1.807, 2.05) is 0 Å². The molecule has 2 unspecified atom stereocenters. The molecular weight excluding hydrogens is 424 g/mol. The van der Waals surface area contributed by atoms with Crippen LogP contribution in [0.25, 0.3) is 0 Å². The second-order valence-electron chi connectivity index (χ2n) is 6.93. The summed E-state index contributed by atoms with van der Waals surface area (Å²) >= 11 is 0. The number of nitrogens with two attached hydrogens (primary N) is 4. The molecule has 32 heavy (non-hydrogen) atoms. The Kier molecular flexibility index (Phi) is 14.6. The SMILES string of the molecule is CNC(CCC[NH+]=C(N)N)C(=O)OCOC(=O)C(CCC[NH+]=C(N)N)NC(=O)CC(C)=O. The lowest BCUT2D eigenvalue weighted by Gasteiger charge is -2.18. The van der Waals surface area contributed by atoms with Gasteiger partial charge in [0.1, 0.15) is 17.9 Å². The Morgan fingerprint density at radius 1 is 0.844 bits per heavy atom. The highest BCUT2D eigenvalue weighted by atomic mass is 16.7. The highest BCUT2D eigenvalue weighted by Crippen LogP contribution is 2.02. The van der Waals surface area contributed by atoms with E-state index in [9.17, 15) is 19.2 Å². The molecule has 0 aromatic heterocycles. The first-order valence-electron chi connectivity index (χ1n) is 10.1. The summed E-state index contributed by atoms with van der Waals surface area (Å²) in [6, 6.07) is -1.66. The molecule has 0 aromatic rings. The van der Waals surface area contributed by atoms with Crippen LogP contribution in [0.5, 0.6) is 0 Å². The molecule has 12 N–H and O–H groups in total. The van der Waals surface area contributed by atoms with E-state index in [1.165, 1.54) is 6.92 Å². The van der Waals surface area contributed by atoms with E-state index in [1.54, 1.807) is 7.05 Å². The quantitative estimate of drug-likeness (QED) is 0.0269. The average Bonchev–Trinajstić information content (AvgIpc) is 2.69. The fraction of sp³-hybridized carbons (Fsp3) is 0.667. The molecular formula is C18H36N8O6+2. The number of guanidine groups is 2. The fourth-order valence-electron chi connectivity index (χ4n) is 2.53. The summed E-state index contributed by atoms with van der Waals surface area (Å²) in [7, 11) is 1.59. The highest BCUT2D eigenvalue weighted by Gasteiger charge is 2.24. The van der Waals surface area contributed by atoms with Gasteiger partial charge in [-0.15, -0.1) is 0 Å². The molecule has 182 valence electrons. The summed E-state index contributed by atoms with van der Waals surface area (Å²) in [4.78, 5) is 52.9. The van der Waals surface area contributed by atoms with Crippen molar-refractivity contribution in [1.82, 2.24) is 10.6 Å². The van der Waals surface area contributed by atoms with Crippen molar-refractivity contribution in [1.29, 1.82) is 0 Å². The van der Waals surface area contributed by atoms with Gasteiger partial charge in [0.05, 0.1) is 19.5 Å². The van der Waals surface area contributed by atoms with Crippen LogP contribution in [0.15, 0.2) is 0 Å². The topological polar surface area (TPSA) is 243 Å². The molecule has 0 spiro atoms. The van der Waals surface area contributed by atoms with Crippen LogP contribution >= 0.6 is 0 Å². The molecule has 0 aromatic carbocycles. The Bertz CT molecular complexity index is 689. The average molecular weight is 461 g/mol. The Hall–Kier alpha value is -3.42. The van der Waals surface area contributed by atoms with Gasteiger partial charge in [-0.2, -0.15) is 0 Å². The van der Waals surface area contributed by atoms with E-state index in [0.29, 0.717) is 32.4 Å². The van der Waals surface area contributed by atoms with Gasteiger partial charge >= 0.3 is 23.9 Å². The number of carbonyl (C=O) groups is 4. The van der Waals surface area contributed by atoms with E-state index in [0.717, 1.165) is 0 Å². The number of likely N-dealkylation sites (N-methyl/N-ethyl adjacent to an activating group) is 1. The van der Waals surface area contributed by atoms with E-state index in [2.05, 4.69) is 20.6 Å². The van der Waals surface area contributed by atoms with Gasteiger partial charge in [0.2, 0.25) is 12.7 Å². The molecule has 0 aliphatic heterocycles. The number of ketones is 1. The minimum atomic E-state index is -1.04. The molecule has 0 aliphatic carbocycles. The minimum Gasteiger partial charge on any atom is -0.427 e. The van der Waals surface area contributed by atoms with Crippen LogP contribution in [0.3, 0.4) is 0 Å². The monoisotopic (exact) mass is 460 g/mol. The van der Waals surface area contributed by atoms with Crippen LogP contribution in [0.2, 0.25) is 0 Å². The third-order valence-electron chi connectivity index (χ3n) is 4.06. The number of carbonyl (C=O) groups excluding carboxylic acids is 4. The summed E-state index contributed by atoms with van der Waals surface area (Å²) in [5.74, 6) is -2.27. The van der Waals surface area contributed by atoms with Crippen molar-refractivity contribution in [3.8, 4) is 0 Å². The van der Waals surface area contributed by atoms with Gasteiger partial charge in [-0.25, -0.2) is 4.79 Å². The Morgan fingerprint density at radius 2 is 1.31 bits per heavy atom. The highest BCUT2D eigenvalue weighted by molar-refractivity contribution is 5.98. The minimum absolute atomic E-state index is 0.0242. The summed E-state index contributed by atoms with van der Waals surface area (Å²) in [5.41, 5.74) is 21.2. The smallest absolute Gasteiger partial charge is 0.338 e. The predicted octanol–water partition coefficient (Wildman–Crippen LogP) is -6.65. The number of nitrogens with one attached hydrogen (secondary N) is 4. The fourth-order valence-corrected chi connectivity index (χ4v) is 2.53. The predicted molar refractivity (Wildman–Crippen MR) is 114 cm³/mol. The van der Waals surface area contributed by atoms with Crippen molar-refractivity contribution in [3.05, 3.63) is 0 Å². The second kappa shape index (κ2) is 16.3. The Balaban J connectivity index is 4.67. The third-order valence-corrected chi connectivity index (χ3v) is 4.06. The molecule has 2 atom stereocenters. The van der Waals surface area contributed by atoms with Crippen LogP contribution in [0, 0.1) is 0 Å². The maximum absolute atomic E-state index is 12.4. The summed E-state index contributed by atoms with van der Waals surface area (Å²) in [6.07, 6.45) is 1.25. The third kappa shape index (κ3) is 14.5. The van der Waals surface area contributed by atoms with Crippen LogP contribution in [0.1, 0.15) is 39.0 Å². The maximum Gasteiger partial charge on any atom is 0.338 e. The molecule has 0 saturated carbocycles. The number of Topliss-reactive ketones (excluding diaryl/α,β-unsaturated/α-hetero) is 1. The summed E-state index contributed by atoms with van der Waals surface area (Å²) in [6.45, 7) is 1.47. The molecule has 0 rings (SSSR count). The zero-order valence-corrected chi connectivity index (χ0v) is 18.6. The first kappa shape index (κ1) is 28.6. The van der Waals surface area contributed by atoms with E-state index >= 15 is 0 Å². The lowest BCUT2D eigenvalue weighted by molar-refractivity contribution is -0.460. The standard InChI is InChI=1S/C18H34N8O6/c1-11(27)9-14(28)26-13(6-4-8-25-18(21)22)16(30)32-10-31-15(29)12(23-2)5-3-7-24-17(19)20/h12-13,23H,3-10H2,1-2H3,(H,26,28)(H4,19,20,24)(H4,21,22,25)/p+2. The lowest BCUT2D eigenvalue weighted by atomic mass is 10.1. The van der Waals surface area contributed by atoms with Crippen LogP contribution in [-0.4, -0.2) is 74.6 Å². The van der Waals surface area contributed by atoms with Crippen LogP contribution in [0.4, 0.5) is 0 Å². The van der Waals surface area contributed by atoms with Crippen molar-refractivity contribution in [3.63, 3.8) is 0 Å². The first-order valence-corrected chi connectivity index (χ1v) is 10.1. The molecule has 0 aliphatic rings. The van der Waals surface area contributed by atoms with Gasteiger partial charge in [0.15, 0.2) is 0 Å². The number of amides is 1. The van der Waals surface area contributed by atoms with Gasteiger partial charge in [-0.3, -0.25) is 47.3 Å². The Labute approximate surface area is 186 Å². The first-order chi connectivity index (χ1) is 15.1. The normalized spacial score (nSPS) is 12.1. The number of rotatable bonds is 16. The van der Waals surface area contributed by atoms with Gasteiger partial charge in [0.25, 0.3) is 0 Å². The second-order valence-corrected chi connectivity index (χ2v) is 6.93.